The molecule has 0 aliphatic heterocycles. The minimum atomic E-state index is -0.530. The Labute approximate surface area is 97.9 Å². The summed E-state index contributed by atoms with van der Waals surface area (Å²) in [6.07, 6.45) is 4.41. The van der Waals surface area contributed by atoms with Crippen LogP contribution in [0.3, 0.4) is 0 Å². The van der Waals surface area contributed by atoms with E-state index in [0.29, 0.717) is 0 Å². The van der Waals surface area contributed by atoms with Gasteiger partial charge in [0.25, 0.3) is 0 Å². The van der Waals surface area contributed by atoms with Crippen molar-refractivity contribution in [2.24, 2.45) is 0 Å². The van der Waals surface area contributed by atoms with Gasteiger partial charge >= 0.3 is 0 Å². The second kappa shape index (κ2) is 2.84. The van der Waals surface area contributed by atoms with E-state index in [1.54, 1.807) is 0 Å². The molecule has 0 radical (unpaired) electrons. The van der Waals surface area contributed by atoms with Gasteiger partial charge in [-0.1, -0.05) is 6.07 Å². The monoisotopic (exact) mass is 231 g/mol. The van der Waals surface area contributed by atoms with E-state index in [1.165, 1.54) is 22.5 Å². The zero-order chi connectivity index (χ0) is 10.8. The number of hydrogen-bond acceptors (Lipinski definition) is 3. The number of hydrogen-bond donors (Lipinski definition) is 1. The van der Waals surface area contributed by atoms with E-state index < -0.39 is 5.60 Å². The van der Waals surface area contributed by atoms with Crippen LogP contribution in [0.1, 0.15) is 42.2 Å². The van der Waals surface area contributed by atoms with Crippen LogP contribution >= 0.6 is 11.3 Å². The first kappa shape index (κ1) is 9.14. The first-order valence-corrected chi connectivity index (χ1v) is 6.70. The molecule has 0 amide bonds. The maximum Gasteiger partial charge on any atom is 0.0969 e. The fraction of sp³-hybridized carbons (Fsp3) is 0.462. The summed E-state index contributed by atoms with van der Waals surface area (Å²) in [6, 6.07) is 6.25. The van der Waals surface area contributed by atoms with Crippen LogP contribution in [0.2, 0.25) is 0 Å². The van der Waals surface area contributed by atoms with Crippen molar-refractivity contribution in [1.29, 1.82) is 0 Å². The predicted molar refractivity (Wildman–Crippen MR) is 64.7 cm³/mol. The Morgan fingerprint density at radius 1 is 1.31 bits per heavy atom. The Kier molecular flexibility index (Phi) is 1.62. The van der Waals surface area contributed by atoms with Crippen molar-refractivity contribution in [3.63, 3.8) is 0 Å². The van der Waals surface area contributed by atoms with Crippen LogP contribution in [0.5, 0.6) is 0 Å². The van der Waals surface area contributed by atoms with E-state index in [0.717, 1.165) is 29.8 Å². The molecular formula is C13H13NOS. The van der Waals surface area contributed by atoms with Crippen molar-refractivity contribution < 1.29 is 5.11 Å². The number of thiazole rings is 1. The van der Waals surface area contributed by atoms with Gasteiger partial charge in [-0.25, -0.2) is 4.98 Å². The zero-order valence-corrected chi connectivity index (χ0v) is 9.76. The molecule has 1 N–H and O–H groups in total. The second-order valence-electron chi connectivity index (χ2n) is 5.04. The summed E-state index contributed by atoms with van der Waals surface area (Å²) in [7, 11) is 0. The van der Waals surface area contributed by atoms with Gasteiger partial charge in [0.15, 0.2) is 0 Å². The topological polar surface area (TPSA) is 33.1 Å². The minimum Gasteiger partial charge on any atom is -0.385 e. The number of rotatable bonds is 2. The van der Waals surface area contributed by atoms with Gasteiger partial charge in [0.2, 0.25) is 0 Å². The maximum atomic E-state index is 10.1. The standard InChI is InChI=1S/C13H13NOS/c15-13(5-6-13)9-3-4-11-10(7-9)14-12(16-11)8-1-2-8/h3-4,7-8,15H,1-2,5-6H2. The molecule has 2 nitrogen and oxygen atoms in total. The van der Waals surface area contributed by atoms with E-state index >= 15 is 0 Å². The van der Waals surface area contributed by atoms with Gasteiger partial charge in [-0.05, 0) is 43.4 Å². The van der Waals surface area contributed by atoms with E-state index in [1.807, 2.05) is 11.3 Å². The van der Waals surface area contributed by atoms with Crippen molar-refractivity contribution in [2.75, 3.05) is 0 Å². The van der Waals surface area contributed by atoms with Gasteiger partial charge in [0.1, 0.15) is 0 Å². The van der Waals surface area contributed by atoms with Gasteiger partial charge in [-0.3, -0.25) is 0 Å². The van der Waals surface area contributed by atoms with Crippen molar-refractivity contribution in [3.05, 3.63) is 28.8 Å². The summed E-state index contributed by atoms with van der Waals surface area (Å²) in [5.74, 6) is 0.727. The lowest BCUT2D eigenvalue weighted by Crippen LogP contribution is -2.03. The molecule has 1 aromatic heterocycles. The molecule has 1 heterocycles. The highest BCUT2D eigenvalue weighted by atomic mass is 32.1. The normalized spacial score (nSPS) is 22.6. The quantitative estimate of drug-likeness (QED) is 0.861. The SMILES string of the molecule is OC1(c2ccc3sc(C4CC4)nc3c2)CC1. The Morgan fingerprint density at radius 2 is 2.12 bits per heavy atom. The highest BCUT2D eigenvalue weighted by Crippen LogP contribution is 2.47. The molecule has 3 heteroatoms. The fourth-order valence-corrected chi connectivity index (χ4v) is 3.26. The number of fused-ring (bicyclic) bond motifs is 1. The molecule has 0 atom stereocenters. The van der Waals surface area contributed by atoms with Crippen LogP contribution in [-0.2, 0) is 5.60 Å². The van der Waals surface area contributed by atoms with E-state index in [-0.39, 0.29) is 0 Å². The Hall–Kier alpha value is -0.930. The number of aliphatic hydroxyl groups is 1. The summed E-state index contributed by atoms with van der Waals surface area (Å²) in [5.41, 5.74) is 1.59. The van der Waals surface area contributed by atoms with E-state index in [2.05, 4.69) is 23.2 Å². The van der Waals surface area contributed by atoms with Gasteiger partial charge in [0.05, 0.1) is 20.8 Å². The molecule has 2 saturated carbocycles. The lowest BCUT2D eigenvalue weighted by molar-refractivity contribution is 0.151. The fourth-order valence-electron chi connectivity index (χ4n) is 2.15. The number of aromatic nitrogens is 1. The summed E-state index contributed by atoms with van der Waals surface area (Å²) >= 11 is 1.81. The molecule has 0 saturated heterocycles. The molecular weight excluding hydrogens is 218 g/mol. The van der Waals surface area contributed by atoms with Crippen molar-refractivity contribution in [1.82, 2.24) is 4.98 Å². The molecule has 2 aliphatic rings. The van der Waals surface area contributed by atoms with Crippen LogP contribution in [0.15, 0.2) is 18.2 Å². The van der Waals surface area contributed by atoms with Gasteiger partial charge in [-0.15, -0.1) is 11.3 Å². The molecule has 4 rings (SSSR count). The molecule has 2 aliphatic carbocycles. The first-order valence-electron chi connectivity index (χ1n) is 5.88. The largest absolute Gasteiger partial charge is 0.385 e. The van der Waals surface area contributed by atoms with Crippen LogP contribution in [0, 0.1) is 0 Å². The molecule has 2 fully saturated rings. The maximum absolute atomic E-state index is 10.1. The number of benzene rings is 1. The third kappa shape index (κ3) is 1.31. The molecule has 16 heavy (non-hydrogen) atoms. The van der Waals surface area contributed by atoms with Gasteiger partial charge < -0.3 is 5.11 Å². The van der Waals surface area contributed by atoms with Gasteiger partial charge in [-0.2, -0.15) is 0 Å². The smallest absolute Gasteiger partial charge is 0.0969 e. The van der Waals surface area contributed by atoms with Crippen LogP contribution < -0.4 is 0 Å². The lowest BCUT2D eigenvalue weighted by Gasteiger charge is -2.06. The Morgan fingerprint density at radius 3 is 2.81 bits per heavy atom. The number of nitrogens with zero attached hydrogens (tertiary/aromatic N) is 1. The second-order valence-corrected chi connectivity index (χ2v) is 6.10. The molecule has 0 unspecified atom stereocenters. The molecule has 82 valence electrons. The zero-order valence-electron chi connectivity index (χ0n) is 8.94. The Bertz CT molecular complexity index is 566. The van der Waals surface area contributed by atoms with E-state index in [9.17, 15) is 5.11 Å². The predicted octanol–water partition coefficient (Wildman–Crippen LogP) is 3.16. The minimum absolute atomic E-state index is 0.530. The van der Waals surface area contributed by atoms with Crippen molar-refractivity contribution in [3.8, 4) is 0 Å². The van der Waals surface area contributed by atoms with Crippen LogP contribution in [-0.4, -0.2) is 10.1 Å². The Balaban J connectivity index is 1.84. The highest BCUT2D eigenvalue weighted by molar-refractivity contribution is 7.18. The van der Waals surface area contributed by atoms with E-state index in [4.69, 9.17) is 0 Å². The van der Waals surface area contributed by atoms with Crippen molar-refractivity contribution >= 4 is 21.6 Å². The first-order chi connectivity index (χ1) is 7.74. The molecule has 0 spiro atoms. The summed E-state index contributed by atoms with van der Waals surface area (Å²) in [4.78, 5) is 4.68. The van der Waals surface area contributed by atoms with Crippen LogP contribution in [0.4, 0.5) is 0 Å². The third-order valence-corrected chi connectivity index (χ3v) is 4.79. The molecule has 1 aromatic carbocycles. The van der Waals surface area contributed by atoms with Crippen molar-refractivity contribution in [2.45, 2.75) is 37.2 Å². The summed E-state index contributed by atoms with van der Waals surface area (Å²) in [5, 5.41) is 11.4. The highest BCUT2D eigenvalue weighted by Gasteiger charge is 2.42. The third-order valence-electron chi connectivity index (χ3n) is 3.59. The lowest BCUT2D eigenvalue weighted by atomic mass is 10.1. The van der Waals surface area contributed by atoms with Gasteiger partial charge in [0, 0.05) is 5.92 Å². The molecule has 2 aromatic rings. The summed E-state index contributed by atoms with van der Waals surface area (Å²) < 4.78 is 1.26. The average molecular weight is 231 g/mol. The van der Waals surface area contributed by atoms with Crippen LogP contribution in [0.25, 0.3) is 10.2 Å². The average Bonchev–Trinajstić information content (AvgIpc) is 3.19. The summed E-state index contributed by atoms with van der Waals surface area (Å²) in [6.45, 7) is 0. The molecule has 0 bridgehead atoms.